The molecule has 0 aliphatic carbocycles. The Hall–Kier alpha value is -1.10. The standard InChI is InChI=1S/C19H30O3Si/c1-19(2,3)23(5,6)21-14-17-8-7-9-18(22-17)15-10-12-16(20-4)13-11-15/h7-8,10-13,17-18H,9,14H2,1-6H3/t17-,18+/m1/s1. The van der Waals surface area contributed by atoms with Gasteiger partial charge in [0.15, 0.2) is 8.32 Å². The zero-order chi connectivity index (χ0) is 17.1. The van der Waals surface area contributed by atoms with Crippen LogP contribution in [-0.4, -0.2) is 28.1 Å². The Morgan fingerprint density at radius 2 is 1.83 bits per heavy atom. The zero-order valence-electron chi connectivity index (χ0n) is 15.3. The number of ether oxygens (including phenoxy) is 2. The van der Waals surface area contributed by atoms with Crippen molar-refractivity contribution in [1.29, 1.82) is 0 Å². The zero-order valence-corrected chi connectivity index (χ0v) is 16.3. The minimum absolute atomic E-state index is 0.0324. The Morgan fingerprint density at radius 3 is 2.39 bits per heavy atom. The predicted molar refractivity (Wildman–Crippen MR) is 97.5 cm³/mol. The lowest BCUT2D eigenvalue weighted by Gasteiger charge is -2.37. The van der Waals surface area contributed by atoms with Crippen LogP contribution in [0.4, 0.5) is 0 Å². The van der Waals surface area contributed by atoms with Crippen LogP contribution in [-0.2, 0) is 9.16 Å². The smallest absolute Gasteiger partial charge is 0.192 e. The van der Waals surface area contributed by atoms with Crippen LogP contribution in [0.5, 0.6) is 5.75 Å². The molecule has 1 aliphatic heterocycles. The summed E-state index contributed by atoms with van der Waals surface area (Å²) in [5, 5.41) is 0.223. The van der Waals surface area contributed by atoms with Gasteiger partial charge in [0.2, 0.25) is 0 Å². The first kappa shape index (κ1) is 18.2. The molecule has 0 saturated carbocycles. The van der Waals surface area contributed by atoms with E-state index in [1.54, 1.807) is 7.11 Å². The molecule has 0 aromatic heterocycles. The van der Waals surface area contributed by atoms with E-state index in [0.29, 0.717) is 6.61 Å². The van der Waals surface area contributed by atoms with Gasteiger partial charge in [-0.3, -0.25) is 0 Å². The van der Waals surface area contributed by atoms with Gasteiger partial charge >= 0.3 is 0 Å². The van der Waals surface area contributed by atoms with Crippen LogP contribution in [0.2, 0.25) is 18.1 Å². The molecular weight excluding hydrogens is 304 g/mol. The molecule has 1 heterocycles. The van der Waals surface area contributed by atoms with Gasteiger partial charge in [-0.2, -0.15) is 0 Å². The highest BCUT2D eigenvalue weighted by Gasteiger charge is 2.37. The molecule has 0 radical (unpaired) electrons. The maximum atomic E-state index is 6.30. The molecule has 0 unspecified atom stereocenters. The second-order valence-electron chi connectivity index (χ2n) is 7.67. The normalized spacial score (nSPS) is 22.2. The van der Waals surface area contributed by atoms with E-state index in [9.17, 15) is 0 Å². The highest BCUT2D eigenvalue weighted by molar-refractivity contribution is 6.74. The van der Waals surface area contributed by atoms with E-state index in [2.05, 4.69) is 58.2 Å². The molecular formula is C19H30O3Si. The third-order valence-corrected chi connectivity index (χ3v) is 9.44. The van der Waals surface area contributed by atoms with Crippen molar-refractivity contribution < 1.29 is 13.9 Å². The van der Waals surface area contributed by atoms with E-state index in [-0.39, 0.29) is 17.2 Å². The minimum Gasteiger partial charge on any atom is -0.497 e. The lowest BCUT2D eigenvalue weighted by Crippen LogP contribution is -2.43. The lowest BCUT2D eigenvalue weighted by atomic mass is 10.0. The first-order chi connectivity index (χ1) is 10.7. The summed E-state index contributed by atoms with van der Waals surface area (Å²) in [5.74, 6) is 0.873. The van der Waals surface area contributed by atoms with Gasteiger partial charge in [0, 0.05) is 0 Å². The quantitative estimate of drug-likeness (QED) is 0.553. The van der Waals surface area contributed by atoms with E-state index in [0.717, 1.165) is 12.2 Å². The summed E-state index contributed by atoms with van der Waals surface area (Å²) in [6.45, 7) is 12.0. The second kappa shape index (κ2) is 7.20. The number of benzene rings is 1. The maximum absolute atomic E-state index is 6.30. The van der Waals surface area contributed by atoms with Crippen LogP contribution < -0.4 is 4.74 Å². The molecule has 0 saturated heterocycles. The van der Waals surface area contributed by atoms with Crippen molar-refractivity contribution in [3.63, 3.8) is 0 Å². The van der Waals surface area contributed by atoms with Crippen molar-refractivity contribution >= 4 is 8.32 Å². The van der Waals surface area contributed by atoms with Gasteiger partial charge in [0.25, 0.3) is 0 Å². The summed E-state index contributed by atoms with van der Waals surface area (Å²) >= 11 is 0. The van der Waals surface area contributed by atoms with E-state index >= 15 is 0 Å². The molecule has 0 bridgehead atoms. The van der Waals surface area contributed by atoms with E-state index < -0.39 is 8.32 Å². The number of hydrogen-bond acceptors (Lipinski definition) is 3. The molecule has 4 heteroatoms. The first-order valence-corrected chi connectivity index (χ1v) is 11.2. The van der Waals surface area contributed by atoms with Crippen molar-refractivity contribution in [3.8, 4) is 5.75 Å². The Balaban J connectivity index is 1.95. The van der Waals surface area contributed by atoms with Gasteiger partial charge in [-0.25, -0.2) is 0 Å². The molecule has 2 rings (SSSR count). The Bertz CT molecular complexity index is 529. The molecule has 23 heavy (non-hydrogen) atoms. The van der Waals surface area contributed by atoms with Gasteiger partial charge in [0.1, 0.15) is 5.75 Å². The molecule has 3 nitrogen and oxygen atoms in total. The van der Waals surface area contributed by atoms with Crippen LogP contribution in [0.1, 0.15) is 38.9 Å². The van der Waals surface area contributed by atoms with Crippen LogP contribution >= 0.6 is 0 Å². The number of hydrogen-bond donors (Lipinski definition) is 0. The molecule has 1 aliphatic rings. The first-order valence-electron chi connectivity index (χ1n) is 8.33. The minimum atomic E-state index is -1.73. The summed E-state index contributed by atoms with van der Waals surface area (Å²) in [7, 11) is -0.0494. The van der Waals surface area contributed by atoms with Gasteiger partial charge in [0.05, 0.1) is 25.9 Å². The third kappa shape index (κ3) is 4.69. The molecule has 0 spiro atoms. The second-order valence-corrected chi connectivity index (χ2v) is 12.5. The van der Waals surface area contributed by atoms with E-state index in [4.69, 9.17) is 13.9 Å². The Labute approximate surface area is 141 Å². The maximum Gasteiger partial charge on any atom is 0.192 e. The van der Waals surface area contributed by atoms with Crippen molar-refractivity contribution in [2.75, 3.05) is 13.7 Å². The van der Waals surface area contributed by atoms with Gasteiger partial charge < -0.3 is 13.9 Å². The average Bonchev–Trinajstić information content (AvgIpc) is 2.52. The Kier molecular flexibility index (Phi) is 5.71. The molecule has 0 fully saturated rings. The molecule has 0 N–H and O–H groups in total. The fourth-order valence-corrected chi connectivity index (χ4v) is 3.31. The van der Waals surface area contributed by atoms with Gasteiger partial charge in [-0.1, -0.05) is 45.1 Å². The average molecular weight is 335 g/mol. The number of methoxy groups -OCH3 is 1. The number of rotatable bonds is 5. The highest BCUT2D eigenvalue weighted by atomic mass is 28.4. The summed E-state index contributed by atoms with van der Waals surface area (Å²) in [4.78, 5) is 0. The predicted octanol–water partition coefficient (Wildman–Crippen LogP) is 5.10. The van der Waals surface area contributed by atoms with E-state index in [1.165, 1.54) is 5.56 Å². The molecule has 2 atom stereocenters. The van der Waals surface area contributed by atoms with Gasteiger partial charge in [-0.05, 0) is 42.2 Å². The van der Waals surface area contributed by atoms with Crippen LogP contribution in [0.15, 0.2) is 36.4 Å². The van der Waals surface area contributed by atoms with Crippen LogP contribution in [0, 0.1) is 0 Å². The van der Waals surface area contributed by atoms with E-state index in [1.807, 2.05) is 12.1 Å². The lowest BCUT2D eigenvalue weighted by molar-refractivity contribution is -0.0191. The fraction of sp³-hybridized carbons (Fsp3) is 0.579. The van der Waals surface area contributed by atoms with Crippen LogP contribution in [0.25, 0.3) is 0 Å². The van der Waals surface area contributed by atoms with Crippen molar-refractivity contribution in [2.45, 2.75) is 57.5 Å². The largest absolute Gasteiger partial charge is 0.497 e. The summed E-state index contributed by atoms with van der Waals surface area (Å²) in [6, 6.07) is 8.12. The van der Waals surface area contributed by atoms with Crippen molar-refractivity contribution in [1.82, 2.24) is 0 Å². The molecule has 0 amide bonds. The topological polar surface area (TPSA) is 27.7 Å². The monoisotopic (exact) mass is 334 g/mol. The summed E-state index contributed by atoms with van der Waals surface area (Å²) < 4.78 is 17.7. The SMILES string of the molecule is COc1ccc([C@@H]2CC=C[C@H](CO[Si](C)(C)C(C)(C)C)O2)cc1. The summed E-state index contributed by atoms with van der Waals surface area (Å²) in [5.41, 5.74) is 1.19. The molecule has 1 aromatic rings. The summed E-state index contributed by atoms with van der Waals surface area (Å²) in [6.07, 6.45) is 5.37. The highest BCUT2D eigenvalue weighted by Crippen LogP contribution is 2.37. The molecule has 1 aromatic carbocycles. The van der Waals surface area contributed by atoms with Crippen molar-refractivity contribution in [3.05, 3.63) is 42.0 Å². The van der Waals surface area contributed by atoms with Crippen molar-refractivity contribution in [2.24, 2.45) is 0 Å². The van der Waals surface area contributed by atoms with Gasteiger partial charge in [-0.15, -0.1) is 0 Å². The fourth-order valence-electron chi connectivity index (χ4n) is 2.30. The third-order valence-electron chi connectivity index (χ3n) is 4.94. The Morgan fingerprint density at radius 1 is 1.17 bits per heavy atom. The van der Waals surface area contributed by atoms with Crippen LogP contribution in [0.3, 0.4) is 0 Å². The molecule has 128 valence electrons.